The highest BCUT2D eigenvalue weighted by Crippen LogP contribution is 2.32. The Hall–Kier alpha value is -2.74. The average Bonchev–Trinajstić information content (AvgIpc) is 2.99. The SMILES string of the molecule is CS(=O)(=O)Nc1cccc(NC(=O)CCc2ccc3c(c2)OCO3)c1. The molecule has 1 aliphatic rings. The lowest BCUT2D eigenvalue weighted by Gasteiger charge is -2.08. The standard InChI is InChI=1S/C17H18N2O5S/c1-25(21,22)19-14-4-2-3-13(10-14)18-17(20)8-6-12-5-7-15-16(9-12)24-11-23-15/h2-5,7,9-10,19H,6,8,11H2,1H3,(H,18,20). The minimum absolute atomic E-state index is 0.158. The number of anilines is 2. The molecule has 2 aromatic carbocycles. The Labute approximate surface area is 146 Å². The summed E-state index contributed by atoms with van der Waals surface area (Å²) in [4.78, 5) is 12.1. The van der Waals surface area contributed by atoms with Crippen molar-refractivity contribution in [3.8, 4) is 11.5 Å². The van der Waals surface area contributed by atoms with Crippen LogP contribution in [-0.2, 0) is 21.2 Å². The molecular formula is C17H18N2O5S. The van der Waals surface area contributed by atoms with Gasteiger partial charge in [-0.1, -0.05) is 12.1 Å². The van der Waals surface area contributed by atoms with Gasteiger partial charge in [-0.05, 0) is 42.3 Å². The van der Waals surface area contributed by atoms with Crippen LogP contribution in [0.3, 0.4) is 0 Å². The van der Waals surface area contributed by atoms with Crippen LogP contribution in [-0.4, -0.2) is 27.4 Å². The third-order valence-corrected chi connectivity index (χ3v) is 4.13. The Morgan fingerprint density at radius 3 is 2.64 bits per heavy atom. The molecule has 0 saturated heterocycles. The molecule has 0 bridgehead atoms. The number of aryl methyl sites for hydroxylation is 1. The summed E-state index contributed by atoms with van der Waals surface area (Å²) in [7, 11) is -3.36. The molecule has 0 aromatic heterocycles. The lowest BCUT2D eigenvalue weighted by atomic mass is 10.1. The van der Waals surface area contributed by atoms with Crippen molar-refractivity contribution >= 4 is 27.3 Å². The summed E-state index contributed by atoms with van der Waals surface area (Å²) in [5, 5.41) is 2.76. The van der Waals surface area contributed by atoms with Crippen molar-refractivity contribution in [1.82, 2.24) is 0 Å². The van der Waals surface area contributed by atoms with E-state index in [0.717, 1.165) is 11.8 Å². The zero-order valence-electron chi connectivity index (χ0n) is 13.6. The summed E-state index contributed by atoms with van der Waals surface area (Å²) in [5.74, 6) is 1.25. The lowest BCUT2D eigenvalue weighted by Crippen LogP contribution is -2.13. The number of fused-ring (bicyclic) bond motifs is 1. The Bertz CT molecular complexity index is 896. The van der Waals surface area contributed by atoms with E-state index in [9.17, 15) is 13.2 Å². The van der Waals surface area contributed by atoms with Crippen molar-refractivity contribution in [1.29, 1.82) is 0 Å². The van der Waals surface area contributed by atoms with E-state index in [1.165, 1.54) is 0 Å². The van der Waals surface area contributed by atoms with E-state index in [0.29, 0.717) is 35.7 Å². The van der Waals surface area contributed by atoms with Crippen LogP contribution in [0.1, 0.15) is 12.0 Å². The first kappa shape index (κ1) is 17.1. The molecule has 0 radical (unpaired) electrons. The van der Waals surface area contributed by atoms with Crippen molar-refractivity contribution < 1.29 is 22.7 Å². The van der Waals surface area contributed by atoms with Gasteiger partial charge < -0.3 is 14.8 Å². The molecule has 3 rings (SSSR count). The molecule has 1 heterocycles. The van der Waals surface area contributed by atoms with Gasteiger partial charge in [-0.3, -0.25) is 9.52 Å². The van der Waals surface area contributed by atoms with E-state index < -0.39 is 10.0 Å². The van der Waals surface area contributed by atoms with Gasteiger partial charge in [-0.25, -0.2) is 8.42 Å². The topological polar surface area (TPSA) is 93.7 Å². The molecule has 2 N–H and O–H groups in total. The number of nitrogens with one attached hydrogen (secondary N) is 2. The van der Waals surface area contributed by atoms with Crippen molar-refractivity contribution in [2.75, 3.05) is 23.1 Å². The molecule has 0 fully saturated rings. The molecular weight excluding hydrogens is 344 g/mol. The average molecular weight is 362 g/mol. The molecule has 25 heavy (non-hydrogen) atoms. The van der Waals surface area contributed by atoms with E-state index in [1.807, 2.05) is 18.2 Å². The number of benzene rings is 2. The minimum Gasteiger partial charge on any atom is -0.454 e. The third-order valence-electron chi connectivity index (χ3n) is 3.53. The van der Waals surface area contributed by atoms with Crippen molar-refractivity contribution in [3.63, 3.8) is 0 Å². The Morgan fingerprint density at radius 2 is 1.84 bits per heavy atom. The number of carbonyl (C=O) groups is 1. The summed E-state index contributed by atoms with van der Waals surface area (Å²) in [5.41, 5.74) is 1.91. The fraction of sp³-hybridized carbons (Fsp3) is 0.235. The first-order chi connectivity index (χ1) is 11.9. The predicted octanol–water partition coefficient (Wildman–Crippen LogP) is 2.36. The fourth-order valence-electron chi connectivity index (χ4n) is 2.45. The van der Waals surface area contributed by atoms with Crippen LogP contribution in [0.2, 0.25) is 0 Å². The van der Waals surface area contributed by atoms with E-state index >= 15 is 0 Å². The summed E-state index contributed by atoms with van der Waals surface area (Å²) < 4.78 is 35.5. The fourth-order valence-corrected chi connectivity index (χ4v) is 3.01. The molecule has 0 unspecified atom stereocenters. The highest BCUT2D eigenvalue weighted by atomic mass is 32.2. The number of hydrogen-bond acceptors (Lipinski definition) is 5. The summed E-state index contributed by atoms with van der Waals surface area (Å²) in [6, 6.07) is 12.1. The van der Waals surface area contributed by atoms with Crippen LogP contribution >= 0.6 is 0 Å². The monoisotopic (exact) mass is 362 g/mol. The highest BCUT2D eigenvalue weighted by molar-refractivity contribution is 7.92. The summed E-state index contributed by atoms with van der Waals surface area (Å²) in [6.45, 7) is 0.219. The van der Waals surface area contributed by atoms with Crippen LogP contribution in [0.4, 0.5) is 11.4 Å². The van der Waals surface area contributed by atoms with Gasteiger partial charge in [0.1, 0.15) is 0 Å². The van der Waals surface area contributed by atoms with Crippen LogP contribution in [0.15, 0.2) is 42.5 Å². The normalized spacial score (nSPS) is 12.7. The zero-order chi connectivity index (χ0) is 17.9. The number of carbonyl (C=O) groups excluding carboxylic acids is 1. The maximum atomic E-state index is 12.1. The van der Waals surface area contributed by atoms with Gasteiger partial charge in [0.05, 0.1) is 11.9 Å². The molecule has 0 aliphatic carbocycles. The zero-order valence-corrected chi connectivity index (χ0v) is 14.4. The largest absolute Gasteiger partial charge is 0.454 e. The second kappa shape index (κ2) is 7.02. The maximum Gasteiger partial charge on any atom is 0.231 e. The van der Waals surface area contributed by atoms with Crippen LogP contribution < -0.4 is 19.5 Å². The van der Waals surface area contributed by atoms with Crippen molar-refractivity contribution in [2.24, 2.45) is 0 Å². The Balaban J connectivity index is 1.56. The minimum atomic E-state index is -3.36. The quantitative estimate of drug-likeness (QED) is 0.823. The van der Waals surface area contributed by atoms with Crippen LogP contribution in [0.25, 0.3) is 0 Å². The van der Waals surface area contributed by atoms with E-state index in [4.69, 9.17) is 9.47 Å². The summed E-state index contributed by atoms with van der Waals surface area (Å²) in [6.07, 6.45) is 1.93. The lowest BCUT2D eigenvalue weighted by molar-refractivity contribution is -0.116. The molecule has 0 atom stereocenters. The number of hydrogen-bond donors (Lipinski definition) is 2. The second-order valence-corrected chi connectivity index (χ2v) is 7.44. The number of rotatable bonds is 6. The molecule has 132 valence electrons. The van der Waals surface area contributed by atoms with Gasteiger partial charge in [-0.2, -0.15) is 0 Å². The van der Waals surface area contributed by atoms with E-state index in [2.05, 4.69) is 10.0 Å². The molecule has 7 nitrogen and oxygen atoms in total. The van der Waals surface area contributed by atoms with Gasteiger partial charge in [0.2, 0.25) is 22.7 Å². The predicted molar refractivity (Wildman–Crippen MR) is 94.4 cm³/mol. The number of sulfonamides is 1. The van der Waals surface area contributed by atoms with Gasteiger partial charge in [0.25, 0.3) is 0 Å². The van der Waals surface area contributed by atoms with E-state index in [1.54, 1.807) is 24.3 Å². The van der Waals surface area contributed by atoms with Gasteiger partial charge >= 0.3 is 0 Å². The molecule has 0 saturated carbocycles. The van der Waals surface area contributed by atoms with Crippen LogP contribution in [0.5, 0.6) is 11.5 Å². The van der Waals surface area contributed by atoms with Crippen LogP contribution in [0, 0.1) is 0 Å². The Kier molecular flexibility index (Phi) is 4.80. The Morgan fingerprint density at radius 1 is 1.08 bits per heavy atom. The van der Waals surface area contributed by atoms with Crippen molar-refractivity contribution in [2.45, 2.75) is 12.8 Å². The smallest absolute Gasteiger partial charge is 0.231 e. The second-order valence-electron chi connectivity index (χ2n) is 5.69. The third kappa shape index (κ3) is 4.87. The maximum absolute atomic E-state index is 12.1. The van der Waals surface area contributed by atoms with Gasteiger partial charge in [0.15, 0.2) is 11.5 Å². The summed E-state index contributed by atoms with van der Waals surface area (Å²) >= 11 is 0. The number of ether oxygens (including phenoxy) is 2. The first-order valence-corrected chi connectivity index (χ1v) is 9.54. The molecule has 1 aliphatic heterocycles. The van der Waals surface area contributed by atoms with E-state index in [-0.39, 0.29) is 12.7 Å². The molecule has 8 heteroatoms. The molecule has 1 amide bonds. The molecule has 0 spiro atoms. The first-order valence-electron chi connectivity index (χ1n) is 7.65. The molecule has 2 aromatic rings. The number of amides is 1. The van der Waals surface area contributed by atoms with Crippen molar-refractivity contribution in [3.05, 3.63) is 48.0 Å². The van der Waals surface area contributed by atoms with Gasteiger partial charge in [0, 0.05) is 12.1 Å². The van der Waals surface area contributed by atoms with Gasteiger partial charge in [-0.15, -0.1) is 0 Å². The highest BCUT2D eigenvalue weighted by Gasteiger charge is 2.13.